The number of benzene rings is 1. The van der Waals surface area contributed by atoms with Crippen molar-refractivity contribution >= 4 is 13.4 Å². The van der Waals surface area contributed by atoms with E-state index in [2.05, 4.69) is 20.1 Å². The fourth-order valence-electron chi connectivity index (χ4n) is 3.02. The Morgan fingerprint density at radius 1 is 1.40 bits per heavy atom. The molecule has 1 unspecified atom stereocenters. The molecule has 1 aromatic carbocycles. The molecule has 0 saturated carbocycles. The minimum Gasteiger partial charge on any atom is -0.352 e. The Morgan fingerprint density at radius 3 is 2.77 bits per heavy atom. The topological polar surface area (TPSA) is 171 Å². The van der Waals surface area contributed by atoms with Crippen molar-refractivity contribution in [3.63, 3.8) is 0 Å². The van der Waals surface area contributed by atoms with Crippen LogP contribution in [0.5, 0.6) is 0 Å². The van der Waals surface area contributed by atoms with Gasteiger partial charge in [-0.3, -0.25) is 24.0 Å². The number of aryl methyl sites for hydroxylation is 2. The Morgan fingerprint density at radius 2 is 2.10 bits per heavy atom. The van der Waals surface area contributed by atoms with Gasteiger partial charge in [0.2, 0.25) is 0 Å². The zero-order valence-corrected chi connectivity index (χ0v) is 17.2. The molecule has 0 spiro atoms. The van der Waals surface area contributed by atoms with Crippen LogP contribution in [0.4, 0.5) is 5.69 Å². The van der Waals surface area contributed by atoms with E-state index < -0.39 is 37.4 Å². The van der Waals surface area contributed by atoms with E-state index >= 15 is 0 Å². The molecule has 1 fully saturated rings. The van der Waals surface area contributed by atoms with Crippen LogP contribution < -0.4 is 16.3 Å². The smallest absolute Gasteiger partial charge is 0.352 e. The van der Waals surface area contributed by atoms with Gasteiger partial charge in [0.25, 0.3) is 5.56 Å². The molecule has 4 atom stereocenters. The lowest BCUT2D eigenvalue weighted by Crippen LogP contribution is -2.33. The van der Waals surface area contributed by atoms with Gasteiger partial charge in [-0.25, -0.2) is 9.36 Å². The highest BCUT2D eigenvalue weighted by molar-refractivity contribution is 7.54. The van der Waals surface area contributed by atoms with Crippen LogP contribution in [-0.2, 0) is 13.8 Å². The second-order valence-electron chi connectivity index (χ2n) is 6.91. The highest BCUT2D eigenvalue weighted by atomic mass is 31.2. The van der Waals surface area contributed by atoms with Gasteiger partial charge in [0, 0.05) is 28.8 Å². The van der Waals surface area contributed by atoms with Crippen LogP contribution in [0.2, 0.25) is 0 Å². The number of azide groups is 1. The van der Waals surface area contributed by atoms with Crippen LogP contribution in [0.25, 0.3) is 10.4 Å². The van der Waals surface area contributed by atoms with E-state index in [1.807, 2.05) is 6.92 Å². The molecule has 1 saturated heterocycles. The molecule has 0 aliphatic carbocycles. The van der Waals surface area contributed by atoms with Crippen molar-refractivity contribution in [2.75, 3.05) is 11.7 Å². The normalized spacial score (nSPS) is 22.8. The van der Waals surface area contributed by atoms with E-state index in [9.17, 15) is 19.0 Å². The van der Waals surface area contributed by atoms with Crippen LogP contribution in [0.3, 0.4) is 0 Å². The fourth-order valence-corrected chi connectivity index (χ4v) is 3.91. The van der Waals surface area contributed by atoms with Gasteiger partial charge in [-0.1, -0.05) is 22.8 Å². The van der Waals surface area contributed by atoms with Crippen molar-refractivity contribution in [3.8, 4) is 0 Å². The minimum atomic E-state index is -4.22. The second-order valence-corrected chi connectivity index (χ2v) is 8.43. The summed E-state index contributed by atoms with van der Waals surface area (Å²) in [4.78, 5) is 38.7. The van der Waals surface area contributed by atoms with Crippen molar-refractivity contribution < 1.29 is 18.7 Å². The third kappa shape index (κ3) is 5.18. The molecule has 12 nitrogen and oxygen atoms in total. The number of hydrogen-bond acceptors (Lipinski definition) is 6. The Labute approximate surface area is 170 Å². The number of rotatable bonds is 7. The predicted octanol–water partition coefficient (Wildman–Crippen LogP) is 2.35. The maximum Gasteiger partial charge on any atom is 0.430 e. The summed E-state index contributed by atoms with van der Waals surface area (Å²) in [6, 6.07) is 6.08. The number of hydrogen-bond donors (Lipinski definition) is 3. The van der Waals surface area contributed by atoms with E-state index in [-0.39, 0.29) is 13.0 Å². The van der Waals surface area contributed by atoms with Gasteiger partial charge in [-0.2, -0.15) is 0 Å². The monoisotopic (exact) mass is 436 g/mol. The molecule has 2 heterocycles. The zero-order valence-electron chi connectivity index (χ0n) is 16.3. The van der Waals surface area contributed by atoms with Gasteiger partial charge in [0.15, 0.2) is 0 Å². The number of ether oxygens (including phenoxy) is 1. The van der Waals surface area contributed by atoms with Crippen LogP contribution in [0.15, 0.2) is 45.2 Å². The van der Waals surface area contributed by atoms with Crippen molar-refractivity contribution in [1.29, 1.82) is 0 Å². The molecule has 2 aromatic rings. The first kappa shape index (κ1) is 21.8. The Bertz CT molecular complexity index is 1120. The van der Waals surface area contributed by atoms with Gasteiger partial charge in [0.1, 0.15) is 6.23 Å². The highest BCUT2D eigenvalue weighted by Gasteiger charge is 2.38. The summed E-state index contributed by atoms with van der Waals surface area (Å²) in [6.07, 6.45) is -0.228. The van der Waals surface area contributed by atoms with E-state index in [0.717, 1.165) is 5.56 Å². The van der Waals surface area contributed by atoms with E-state index in [0.29, 0.717) is 11.3 Å². The summed E-state index contributed by atoms with van der Waals surface area (Å²) >= 11 is 0. The maximum absolute atomic E-state index is 12.3. The molecule has 0 amide bonds. The number of nitrogens with zero attached hydrogens (tertiary/aromatic N) is 4. The molecule has 1 aliphatic heterocycles. The maximum atomic E-state index is 12.3. The third-order valence-corrected chi connectivity index (χ3v) is 5.64. The molecule has 0 radical (unpaired) electrons. The Hall–Kier alpha value is -2.88. The summed E-state index contributed by atoms with van der Waals surface area (Å²) in [6.45, 7) is 3.07. The average molecular weight is 436 g/mol. The van der Waals surface area contributed by atoms with Crippen LogP contribution >= 0.6 is 7.75 Å². The molecule has 0 bridgehead atoms. The van der Waals surface area contributed by atoms with E-state index in [1.165, 1.54) is 17.7 Å². The lowest BCUT2D eigenvalue weighted by molar-refractivity contribution is -0.0237. The third-order valence-electron chi connectivity index (χ3n) is 4.60. The van der Waals surface area contributed by atoms with Gasteiger partial charge in [-0.05, 0) is 31.5 Å². The molecule has 1 aromatic heterocycles. The Kier molecular flexibility index (Phi) is 6.45. The van der Waals surface area contributed by atoms with Crippen molar-refractivity contribution in [2.45, 2.75) is 38.6 Å². The molecular weight excluding hydrogens is 415 g/mol. The summed E-state index contributed by atoms with van der Waals surface area (Å²) in [7, 11) is -4.22. The van der Waals surface area contributed by atoms with Crippen molar-refractivity contribution in [2.24, 2.45) is 5.11 Å². The molecule has 13 heteroatoms. The standard InChI is InChI=1S/C17H21N6O6P/c1-10-3-5-12(6-4-10)21-30(26,27)28-9-14-13(20-22-18)7-15(29-14)23-8-11(2)16(24)19-17(23)25/h3-6,8,13-15H,7,9H2,1-2H3,(H,19,24,25)(H2,21,26,27)/t13-,14+,15+/m0/s1. The SMILES string of the molecule is Cc1ccc(NP(=O)(O)OC[C@H]2O[C@@H](n3cc(C)c(=O)[nH]c3=O)C[C@@H]2N=[N+]=[N-])cc1. The fraction of sp³-hybridized carbons (Fsp3) is 0.412. The number of aromatic nitrogens is 2. The summed E-state index contributed by atoms with van der Waals surface area (Å²) in [5.41, 5.74) is 9.32. The van der Waals surface area contributed by atoms with Crippen LogP contribution in [-0.4, -0.2) is 33.2 Å². The van der Waals surface area contributed by atoms with Crippen LogP contribution in [0, 0.1) is 13.8 Å². The highest BCUT2D eigenvalue weighted by Crippen LogP contribution is 2.43. The average Bonchev–Trinajstić information content (AvgIpc) is 3.08. The zero-order chi connectivity index (χ0) is 21.9. The predicted molar refractivity (Wildman–Crippen MR) is 108 cm³/mol. The largest absolute Gasteiger partial charge is 0.430 e. The lowest BCUT2D eigenvalue weighted by atomic mass is 10.1. The molecule has 3 N–H and O–H groups in total. The number of H-pyrrole nitrogens is 1. The summed E-state index contributed by atoms with van der Waals surface area (Å²) < 4.78 is 24.4. The van der Waals surface area contributed by atoms with Crippen molar-refractivity contribution in [1.82, 2.24) is 9.55 Å². The summed E-state index contributed by atoms with van der Waals surface area (Å²) in [5.74, 6) is 0. The van der Waals surface area contributed by atoms with Gasteiger partial charge in [0.05, 0.1) is 18.8 Å². The molecule has 3 rings (SSSR count). The van der Waals surface area contributed by atoms with Crippen LogP contribution in [0.1, 0.15) is 23.8 Å². The number of nitrogens with one attached hydrogen (secondary N) is 2. The molecule has 160 valence electrons. The quantitative estimate of drug-likeness (QED) is 0.259. The first-order valence-corrected chi connectivity index (χ1v) is 10.6. The summed E-state index contributed by atoms with van der Waals surface area (Å²) in [5, 5.41) is 6.06. The first-order chi connectivity index (χ1) is 14.2. The van der Waals surface area contributed by atoms with E-state index in [4.69, 9.17) is 14.8 Å². The number of anilines is 1. The molecule has 1 aliphatic rings. The second kappa shape index (κ2) is 8.86. The molecular formula is C17H21N6O6P. The van der Waals surface area contributed by atoms with E-state index in [1.54, 1.807) is 24.3 Å². The van der Waals surface area contributed by atoms with Gasteiger partial charge < -0.3 is 9.63 Å². The molecule has 30 heavy (non-hydrogen) atoms. The van der Waals surface area contributed by atoms with Crippen molar-refractivity contribution in [3.05, 3.63) is 72.9 Å². The lowest BCUT2D eigenvalue weighted by Gasteiger charge is -2.19. The Balaban J connectivity index is 1.71. The van der Waals surface area contributed by atoms with Gasteiger partial charge >= 0.3 is 13.4 Å². The minimum absolute atomic E-state index is 0.130. The first-order valence-electron chi connectivity index (χ1n) is 9.02. The number of aromatic amines is 1. The van der Waals surface area contributed by atoms with Gasteiger partial charge in [-0.15, -0.1) is 0 Å².